The van der Waals surface area contributed by atoms with E-state index in [1.165, 1.54) is 0 Å². The number of nitrogens with one attached hydrogen (secondary N) is 1. The first-order valence-electron chi connectivity index (χ1n) is 8.69. The van der Waals surface area contributed by atoms with Crippen molar-refractivity contribution in [3.8, 4) is 0 Å². The maximum absolute atomic E-state index is 12.7. The fourth-order valence-corrected chi connectivity index (χ4v) is 4.75. The standard InChI is InChI=1S/C19H26N2O2S/c1-15(2)21-12-10-16(11-13-21)14-20-24(22,23)19-9-5-7-17-6-3-4-8-18(17)19/h3-9,15-16,20H,10-14H2,1-2H3. The molecule has 24 heavy (non-hydrogen) atoms. The first kappa shape index (κ1) is 17.4. The van der Waals surface area contributed by atoms with Gasteiger partial charge in [-0.05, 0) is 57.1 Å². The van der Waals surface area contributed by atoms with Crippen molar-refractivity contribution in [2.24, 2.45) is 5.92 Å². The number of likely N-dealkylation sites (tertiary alicyclic amines) is 1. The first-order chi connectivity index (χ1) is 11.5. The Morgan fingerprint density at radius 2 is 1.75 bits per heavy atom. The zero-order valence-corrected chi connectivity index (χ0v) is 15.2. The summed E-state index contributed by atoms with van der Waals surface area (Å²) in [7, 11) is -3.48. The minimum atomic E-state index is -3.48. The first-order valence-corrected chi connectivity index (χ1v) is 10.2. The Kier molecular flexibility index (Phi) is 5.23. The monoisotopic (exact) mass is 346 g/mol. The van der Waals surface area contributed by atoms with Gasteiger partial charge >= 0.3 is 0 Å². The van der Waals surface area contributed by atoms with Gasteiger partial charge in [0, 0.05) is 18.0 Å². The lowest BCUT2D eigenvalue weighted by molar-refractivity contribution is 0.151. The third-order valence-electron chi connectivity index (χ3n) is 4.98. The van der Waals surface area contributed by atoms with Crippen LogP contribution in [0.1, 0.15) is 26.7 Å². The molecule has 1 aliphatic heterocycles. The van der Waals surface area contributed by atoms with Gasteiger partial charge in [-0.1, -0.05) is 36.4 Å². The van der Waals surface area contributed by atoms with E-state index in [0.717, 1.165) is 36.7 Å². The lowest BCUT2D eigenvalue weighted by Gasteiger charge is -2.34. The topological polar surface area (TPSA) is 49.4 Å². The van der Waals surface area contributed by atoms with Crippen LogP contribution >= 0.6 is 0 Å². The maximum atomic E-state index is 12.7. The van der Waals surface area contributed by atoms with Crippen LogP contribution in [0.5, 0.6) is 0 Å². The summed E-state index contributed by atoms with van der Waals surface area (Å²) in [5.74, 6) is 0.421. The SMILES string of the molecule is CC(C)N1CCC(CNS(=O)(=O)c2cccc3ccccc23)CC1. The fourth-order valence-electron chi connectivity index (χ4n) is 3.41. The van der Waals surface area contributed by atoms with Crippen molar-refractivity contribution < 1.29 is 8.42 Å². The number of rotatable bonds is 5. The van der Waals surface area contributed by atoms with E-state index in [9.17, 15) is 8.42 Å². The van der Waals surface area contributed by atoms with E-state index in [1.54, 1.807) is 12.1 Å². The molecule has 1 fully saturated rings. The molecule has 0 spiro atoms. The molecule has 0 saturated carbocycles. The van der Waals surface area contributed by atoms with E-state index in [1.807, 2.05) is 30.3 Å². The minimum Gasteiger partial charge on any atom is -0.301 e. The molecule has 0 bridgehead atoms. The van der Waals surface area contributed by atoms with Crippen molar-refractivity contribution in [1.82, 2.24) is 9.62 Å². The third kappa shape index (κ3) is 3.79. The highest BCUT2D eigenvalue weighted by molar-refractivity contribution is 7.89. The molecule has 1 saturated heterocycles. The molecule has 1 N–H and O–H groups in total. The number of sulfonamides is 1. The van der Waals surface area contributed by atoms with Gasteiger partial charge in [0.05, 0.1) is 4.90 Å². The Bertz CT molecular complexity index is 789. The minimum absolute atomic E-state index is 0.375. The lowest BCUT2D eigenvalue weighted by Crippen LogP contribution is -2.41. The number of hydrogen-bond donors (Lipinski definition) is 1. The van der Waals surface area contributed by atoms with Gasteiger partial charge in [0.1, 0.15) is 0 Å². The molecule has 130 valence electrons. The van der Waals surface area contributed by atoms with Crippen LogP contribution in [0.15, 0.2) is 47.4 Å². The largest absolute Gasteiger partial charge is 0.301 e. The van der Waals surface area contributed by atoms with Crippen molar-refractivity contribution in [2.45, 2.75) is 37.6 Å². The molecule has 1 aliphatic rings. The highest BCUT2D eigenvalue weighted by atomic mass is 32.2. The Labute approximate surface area is 144 Å². The number of piperidine rings is 1. The molecule has 0 aromatic heterocycles. The second-order valence-electron chi connectivity index (χ2n) is 6.90. The van der Waals surface area contributed by atoms with Gasteiger partial charge in [-0.2, -0.15) is 0 Å². The predicted molar refractivity (Wildman–Crippen MR) is 98.6 cm³/mol. The van der Waals surface area contributed by atoms with Crippen LogP contribution < -0.4 is 4.72 Å². The molecule has 0 amide bonds. The average molecular weight is 346 g/mol. The Hall–Kier alpha value is -1.43. The van der Waals surface area contributed by atoms with Gasteiger partial charge in [-0.3, -0.25) is 0 Å². The van der Waals surface area contributed by atoms with Crippen molar-refractivity contribution in [3.63, 3.8) is 0 Å². The molecule has 0 aliphatic carbocycles. The van der Waals surface area contributed by atoms with Crippen LogP contribution in [0.2, 0.25) is 0 Å². The van der Waals surface area contributed by atoms with Crippen LogP contribution in [0.3, 0.4) is 0 Å². The van der Waals surface area contributed by atoms with Crippen molar-refractivity contribution in [1.29, 1.82) is 0 Å². The molecule has 5 heteroatoms. The maximum Gasteiger partial charge on any atom is 0.241 e. The van der Waals surface area contributed by atoms with E-state index in [4.69, 9.17) is 0 Å². The number of hydrogen-bond acceptors (Lipinski definition) is 3. The summed E-state index contributed by atoms with van der Waals surface area (Å²) in [4.78, 5) is 2.83. The van der Waals surface area contributed by atoms with Crippen LogP contribution in [-0.2, 0) is 10.0 Å². The Morgan fingerprint density at radius 1 is 1.08 bits per heavy atom. The van der Waals surface area contributed by atoms with Gasteiger partial charge in [0.2, 0.25) is 10.0 Å². The van der Waals surface area contributed by atoms with E-state index in [2.05, 4.69) is 23.5 Å². The predicted octanol–water partition coefficient (Wildman–Crippen LogP) is 3.24. The van der Waals surface area contributed by atoms with E-state index in [0.29, 0.717) is 23.4 Å². The van der Waals surface area contributed by atoms with E-state index < -0.39 is 10.0 Å². The second kappa shape index (κ2) is 7.21. The van der Waals surface area contributed by atoms with Crippen molar-refractivity contribution in [2.75, 3.05) is 19.6 Å². The van der Waals surface area contributed by atoms with E-state index in [-0.39, 0.29) is 0 Å². The molecule has 0 radical (unpaired) electrons. The zero-order valence-electron chi connectivity index (χ0n) is 14.4. The van der Waals surface area contributed by atoms with E-state index >= 15 is 0 Å². The second-order valence-corrected chi connectivity index (χ2v) is 8.64. The summed E-state index contributed by atoms with van der Waals surface area (Å²) in [6.07, 6.45) is 2.10. The summed E-state index contributed by atoms with van der Waals surface area (Å²) in [6, 6.07) is 13.6. The molecule has 0 unspecified atom stereocenters. The smallest absolute Gasteiger partial charge is 0.241 e. The van der Waals surface area contributed by atoms with Crippen LogP contribution in [0, 0.1) is 5.92 Å². The molecular formula is C19H26N2O2S. The van der Waals surface area contributed by atoms with Crippen LogP contribution in [0.25, 0.3) is 10.8 Å². The summed E-state index contributed by atoms with van der Waals surface area (Å²) in [5, 5.41) is 1.73. The summed E-state index contributed by atoms with van der Waals surface area (Å²) in [6.45, 7) is 7.06. The Morgan fingerprint density at radius 3 is 2.46 bits per heavy atom. The van der Waals surface area contributed by atoms with Gasteiger partial charge < -0.3 is 4.90 Å². The highest BCUT2D eigenvalue weighted by Gasteiger charge is 2.23. The Balaban J connectivity index is 1.68. The van der Waals surface area contributed by atoms with Gasteiger partial charge in [0.15, 0.2) is 0 Å². The van der Waals surface area contributed by atoms with Gasteiger partial charge in [-0.25, -0.2) is 13.1 Å². The number of benzene rings is 2. The number of fused-ring (bicyclic) bond motifs is 1. The lowest BCUT2D eigenvalue weighted by atomic mass is 9.96. The van der Waals surface area contributed by atoms with Crippen molar-refractivity contribution >= 4 is 20.8 Å². The quantitative estimate of drug-likeness (QED) is 0.904. The molecule has 2 aromatic carbocycles. The van der Waals surface area contributed by atoms with Crippen molar-refractivity contribution in [3.05, 3.63) is 42.5 Å². The highest BCUT2D eigenvalue weighted by Crippen LogP contribution is 2.23. The van der Waals surface area contributed by atoms with Crippen LogP contribution in [0.4, 0.5) is 0 Å². The van der Waals surface area contributed by atoms with Gasteiger partial charge in [0.25, 0.3) is 0 Å². The molecule has 4 nitrogen and oxygen atoms in total. The summed E-state index contributed by atoms with van der Waals surface area (Å²) < 4.78 is 28.3. The normalized spacial score (nSPS) is 17.6. The average Bonchev–Trinajstić information content (AvgIpc) is 2.60. The zero-order chi connectivity index (χ0) is 17.2. The fraction of sp³-hybridized carbons (Fsp3) is 0.474. The molecular weight excluding hydrogens is 320 g/mol. The summed E-state index contributed by atoms with van der Waals surface area (Å²) >= 11 is 0. The van der Waals surface area contributed by atoms with Crippen LogP contribution in [-0.4, -0.2) is 39.0 Å². The number of nitrogens with zero attached hydrogens (tertiary/aromatic N) is 1. The molecule has 0 atom stereocenters. The molecule has 2 aromatic rings. The summed E-state index contributed by atoms with van der Waals surface area (Å²) in [5.41, 5.74) is 0. The third-order valence-corrected chi connectivity index (χ3v) is 6.46. The molecule has 1 heterocycles. The van der Waals surface area contributed by atoms with Gasteiger partial charge in [-0.15, -0.1) is 0 Å². The molecule has 3 rings (SSSR count).